The smallest absolute Gasteiger partial charge is 0.221 e. The fourth-order valence-corrected chi connectivity index (χ4v) is 1.97. The Hall–Kier alpha value is -2.88. The standard InChI is InChI=1S/C18H17NO3/c1-13(20)19-17-6-4-3-5-16(17)18(21)12-9-14-7-10-15(22-2)11-8-14/h3-12H,1-2H3,(H,19,20)/b12-9+. The second-order valence-electron chi connectivity index (χ2n) is 4.70. The van der Waals surface area contributed by atoms with Crippen molar-refractivity contribution in [1.82, 2.24) is 0 Å². The van der Waals surface area contributed by atoms with E-state index in [1.165, 1.54) is 13.0 Å². The first kappa shape index (κ1) is 15.5. The third-order valence-corrected chi connectivity index (χ3v) is 3.05. The third-order valence-electron chi connectivity index (χ3n) is 3.05. The summed E-state index contributed by atoms with van der Waals surface area (Å²) in [6, 6.07) is 14.3. The quantitative estimate of drug-likeness (QED) is 0.678. The fourth-order valence-electron chi connectivity index (χ4n) is 1.97. The van der Waals surface area contributed by atoms with Crippen LogP contribution in [0.3, 0.4) is 0 Å². The molecule has 4 nitrogen and oxygen atoms in total. The minimum Gasteiger partial charge on any atom is -0.497 e. The largest absolute Gasteiger partial charge is 0.497 e. The van der Waals surface area contributed by atoms with E-state index in [1.54, 1.807) is 37.5 Å². The van der Waals surface area contributed by atoms with Crippen molar-refractivity contribution in [2.75, 3.05) is 12.4 Å². The van der Waals surface area contributed by atoms with Gasteiger partial charge in [-0.2, -0.15) is 0 Å². The van der Waals surface area contributed by atoms with Crippen LogP contribution in [0.2, 0.25) is 0 Å². The molecule has 0 aromatic heterocycles. The minimum absolute atomic E-state index is 0.167. The Morgan fingerprint density at radius 1 is 1.05 bits per heavy atom. The van der Waals surface area contributed by atoms with Crippen LogP contribution in [0.25, 0.3) is 6.08 Å². The summed E-state index contributed by atoms with van der Waals surface area (Å²) in [5.41, 5.74) is 1.87. The minimum atomic E-state index is -0.209. The number of anilines is 1. The van der Waals surface area contributed by atoms with Gasteiger partial charge >= 0.3 is 0 Å². The molecular weight excluding hydrogens is 278 g/mol. The van der Waals surface area contributed by atoms with E-state index in [1.807, 2.05) is 24.3 Å². The van der Waals surface area contributed by atoms with Gasteiger partial charge in [0.2, 0.25) is 5.91 Å². The van der Waals surface area contributed by atoms with Gasteiger partial charge in [0, 0.05) is 12.5 Å². The van der Waals surface area contributed by atoms with E-state index in [0.717, 1.165) is 11.3 Å². The number of methoxy groups -OCH3 is 1. The van der Waals surface area contributed by atoms with E-state index in [2.05, 4.69) is 5.32 Å². The molecule has 0 aliphatic rings. The van der Waals surface area contributed by atoms with Gasteiger partial charge in [0.1, 0.15) is 5.75 Å². The highest BCUT2D eigenvalue weighted by molar-refractivity contribution is 6.11. The van der Waals surface area contributed by atoms with Crippen molar-refractivity contribution in [2.45, 2.75) is 6.92 Å². The highest BCUT2D eigenvalue weighted by Crippen LogP contribution is 2.17. The van der Waals surface area contributed by atoms with E-state index in [9.17, 15) is 9.59 Å². The van der Waals surface area contributed by atoms with Crippen LogP contribution >= 0.6 is 0 Å². The molecule has 0 atom stereocenters. The number of hydrogen-bond donors (Lipinski definition) is 1. The maximum absolute atomic E-state index is 12.3. The number of hydrogen-bond acceptors (Lipinski definition) is 3. The van der Waals surface area contributed by atoms with Crippen LogP contribution in [0, 0.1) is 0 Å². The monoisotopic (exact) mass is 295 g/mol. The molecule has 2 aromatic carbocycles. The van der Waals surface area contributed by atoms with Crippen molar-refractivity contribution in [3.63, 3.8) is 0 Å². The Bertz CT molecular complexity index is 703. The third kappa shape index (κ3) is 4.06. The number of nitrogens with one attached hydrogen (secondary N) is 1. The van der Waals surface area contributed by atoms with Gasteiger partial charge in [-0.1, -0.05) is 30.3 Å². The van der Waals surface area contributed by atoms with E-state index >= 15 is 0 Å². The average Bonchev–Trinajstić information content (AvgIpc) is 2.53. The molecule has 2 aromatic rings. The van der Waals surface area contributed by atoms with E-state index in [4.69, 9.17) is 4.74 Å². The number of benzene rings is 2. The molecule has 0 spiro atoms. The highest BCUT2D eigenvalue weighted by Gasteiger charge is 2.08. The number of allylic oxidation sites excluding steroid dienone is 1. The molecule has 0 aliphatic heterocycles. The normalized spacial score (nSPS) is 10.5. The van der Waals surface area contributed by atoms with Crippen molar-refractivity contribution < 1.29 is 14.3 Å². The topological polar surface area (TPSA) is 55.4 Å². The summed E-state index contributed by atoms with van der Waals surface area (Å²) in [4.78, 5) is 23.5. The maximum atomic E-state index is 12.3. The number of carbonyl (C=O) groups excluding carboxylic acids is 2. The summed E-state index contributed by atoms with van der Waals surface area (Å²) in [5.74, 6) is 0.388. The van der Waals surface area contributed by atoms with Gasteiger partial charge in [-0.25, -0.2) is 0 Å². The molecule has 0 radical (unpaired) electrons. The maximum Gasteiger partial charge on any atom is 0.221 e. The summed E-state index contributed by atoms with van der Waals surface area (Å²) in [7, 11) is 1.60. The first-order chi connectivity index (χ1) is 10.6. The number of ketones is 1. The Kier molecular flexibility index (Phi) is 5.09. The molecule has 2 rings (SSSR count). The number of para-hydroxylation sites is 1. The molecule has 0 unspecified atom stereocenters. The van der Waals surface area contributed by atoms with Gasteiger partial charge in [-0.3, -0.25) is 9.59 Å². The molecule has 0 heterocycles. The Morgan fingerprint density at radius 3 is 2.36 bits per heavy atom. The predicted molar refractivity (Wildman–Crippen MR) is 87.1 cm³/mol. The van der Waals surface area contributed by atoms with E-state index in [-0.39, 0.29) is 11.7 Å². The first-order valence-electron chi connectivity index (χ1n) is 6.83. The van der Waals surface area contributed by atoms with Crippen molar-refractivity contribution in [1.29, 1.82) is 0 Å². The summed E-state index contributed by atoms with van der Waals surface area (Å²) >= 11 is 0. The molecule has 4 heteroatoms. The molecule has 1 N–H and O–H groups in total. The summed E-state index contributed by atoms with van der Waals surface area (Å²) in [5, 5.41) is 2.66. The van der Waals surface area contributed by atoms with Crippen LogP contribution in [0.1, 0.15) is 22.8 Å². The van der Waals surface area contributed by atoms with Gasteiger partial charge in [0.05, 0.1) is 12.8 Å². The van der Waals surface area contributed by atoms with Crippen LogP contribution in [0.15, 0.2) is 54.6 Å². The fraction of sp³-hybridized carbons (Fsp3) is 0.111. The Morgan fingerprint density at radius 2 is 1.73 bits per heavy atom. The number of ether oxygens (including phenoxy) is 1. The lowest BCUT2D eigenvalue weighted by Gasteiger charge is -2.06. The SMILES string of the molecule is COc1ccc(/C=C/C(=O)c2ccccc2NC(C)=O)cc1. The van der Waals surface area contributed by atoms with Gasteiger partial charge in [0.15, 0.2) is 5.78 Å². The molecule has 0 saturated heterocycles. The lowest BCUT2D eigenvalue weighted by Crippen LogP contribution is -2.09. The van der Waals surface area contributed by atoms with Crippen LogP contribution in [-0.4, -0.2) is 18.8 Å². The molecule has 0 bridgehead atoms. The average molecular weight is 295 g/mol. The molecule has 22 heavy (non-hydrogen) atoms. The van der Waals surface area contributed by atoms with Crippen LogP contribution in [0.5, 0.6) is 5.75 Å². The van der Waals surface area contributed by atoms with Crippen LogP contribution in [-0.2, 0) is 4.79 Å². The second-order valence-corrected chi connectivity index (χ2v) is 4.70. The zero-order chi connectivity index (χ0) is 15.9. The van der Waals surface area contributed by atoms with Crippen molar-refractivity contribution in [3.05, 3.63) is 65.7 Å². The Labute approximate surface area is 129 Å². The second kappa shape index (κ2) is 7.22. The number of amides is 1. The van der Waals surface area contributed by atoms with E-state index in [0.29, 0.717) is 11.3 Å². The lowest BCUT2D eigenvalue weighted by molar-refractivity contribution is -0.114. The van der Waals surface area contributed by atoms with Gasteiger partial charge in [-0.05, 0) is 35.9 Å². The van der Waals surface area contributed by atoms with Crippen LogP contribution < -0.4 is 10.1 Å². The van der Waals surface area contributed by atoms with Crippen molar-refractivity contribution in [3.8, 4) is 5.75 Å². The van der Waals surface area contributed by atoms with Gasteiger partial charge < -0.3 is 10.1 Å². The molecule has 0 fully saturated rings. The zero-order valence-electron chi connectivity index (χ0n) is 12.5. The first-order valence-corrected chi connectivity index (χ1v) is 6.83. The number of carbonyl (C=O) groups is 2. The number of rotatable bonds is 5. The lowest BCUT2D eigenvalue weighted by atomic mass is 10.1. The molecule has 1 amide bonds. The van der Waals surface area contributed by atoms with Crippen LogP contribution in [0.4, 0.5) is 5.69 Å². The van der Waals surface area contributed by atoms with Gasteiger partial charge in [-0.15, -0.1) is 0 Å². The summed E-state index contributed by atoms with van der Waals surface area (Å²) < 4.78 is 5.09. The summed E-state index contributed by atoms with van der Waals surface area (Å²) in [6.45, 7) is 1.41. The highest BCUT2D eigenvalue weighted by atomic mass is 16.5. The Balaban J connectivity index is 2.17. The van der Waals surface area contributed by atoms with E-state index < -0.39 is 0 Å². The van der Waals surface area contributed by atoms with Crippen molar-refractivity contribution in [2.24, 2.45) is 0 Å². The van der Waals surface area contributed by atoms with Crippen molar-refractivity contribution >= 4 is 23.5 Å². The zero-order valence-corrected chi connectivity index (χ0v) is 12.5. The molecule has 0 aliphatic carbocycles. The molecule has 0 saturated carbocycles. The molecule has 112 valence electrons. The summed E-state index contributed by atoms with van der Waals surface area (Å²) in [6.07, 6.45) is 3.22. The molecular formula is C18H17NO3. The predicted octanol–water partition coefficient (Wildman–Crippen LogP) is 3.55. The van der Waals surface area contributed by atoms with Gasteiger partial charge in [0.25, 0.3) is 0 Å².